The lowest BCUT2D eigenvalue weighted by Crippen LogP contribution is -1.92. The second-order valence-corrected chi connectivity index (χ2v) is 5.94. The van der Waals surface area contributed by atoms with Crippen LogP contribution in [0, 0.1) is 6.92 Å². The van der Waals surface area contributed by atoms with E-state index in [0.717, 1.165) is 46.4 Å². The van der Waals surface area contributed by atoms with E-state index in [1.54, 1.807) is 13.2 Å². The van der Waals surface area contributed by atoms with Crippen molar-refractivity contribution in [3.05, 3.63) is 71.5 Å². The Morgan fingerprint density at radius 3 is 2.54 bits per heavy atom. The molecular formula is C21H22O3. The Labute approximate surface area is 142 Å². The number of hydrogen-bond acceptors (Lipinski definition) is 3. The lowest BCUT2D eigenvalue weighted by Gasteiger charge is -2.03. The van der Waals surface area contributed by atoms with Crippen LogP contribution in [0.5, 0.6) is 11.5 Å². The summed E-state index contributed by atoms with van der Waals surface area (Å²) in [6.07, 6.45) is 4.11. The zero-order chi connectivity index (χ0) is 17.1. The third-order valence-corrected chi connectivity index (χ3v) is 4.41. The molecule has 3 rings (SSSR count). The molecule has 0 fully saturated rings. The van der Waals surface area contributed by atoms with Gasteiger partial charge in [0.25, 0.3) is 0 Å². The Kier molecular flexibility index (Phi) is 4.61. The summed E-state index contributed by atoms with van der Waals surface area (Å²) in [6.45, 7) is 5.74. The first-order valence-corrected chi connectivity index (χ1v) is 8.10. The average Bonchev–Trinajstić information content (AvgIpc) is 2.93. The first kappa shape index (κ1) is 16.2. The highest BCUT2D eigenvalue weighted by atomic mass is 16.5. The molecule has 0 radical (unpaired) electrons. The molecule has 0 atom stereocenters. The Morgan fingerprint density at radius 1 is 1.12 bits per heavy atom. The summed E-state index contributed by atoms with van der Waals surface area (Å²) in [5, 5.41) is 11.3. The summed E-state index contributed by atoms with van der Waals surface area (Å²) >= 11 is 0. The number of rotatable bonds is 6. The molecule has 3 nitrogen and oxygen atoms in total. The van der Waals surface area contributed by atoms with Gasteiger partial charge in [-0.1, -0.05) is 24.3 Å². The lowest BCUT2D eigenvalue weighted by atomic mass is 10.0. The maximum Gasteiger partial charge on any atom is 0.138 e. The summed E-state index contributed by atoms with van der Waals surface area (Å²) < 4.78 is 11.2. The number of ether oxygens (including phenoxy) is 1. The van der Waals surface area contributed by atoms with Gasteiger partial charge in [-0.05, 0) is 49.1 Å². The van der Waals surface area contributed by atoms with Gasteiger partial charge in [-0.15, -0.1) is 6.58 Å². The number of fused-ring (bicyclic) bond motifs is 1. The number of furan rings is 1. The van der Waals surface area contributed by atoms with E-state index in [0.29, 0.717) is 12.2 Å². The van der Waals surface area contributed by atoms with Gasteiger partial charge in [0.15, 0.2) is 0 Å². The molecule has 0 saturated heterocycles. The van der Waals surface area contributed by atoms with Crippen LogP contribution < -0.4 is 4.74 Å². The molecular weight excluding hydrogens is 300 g/mol. The van der Waals surface area contributed by atoms with Crippen LogP contribution in [0.2, 0.25) is 0 Å². The Balaban J connectivity index is 1.85. The number of methoxy groups -OCH3 is 1. The van der Waals surface area contributed by atoms with Crippen molar-refractivity contribution >= 4 is 11.0 Å². The number of benzene rings is 2. The van der Waals surface area contributed by atoms with Crippen LogP contribution in [0.3, 0.4) is 0 Å². The summed E-state index contributed by atoms with van der Waals surface area (Å²) in [7, 11) is 1.67. The minimum Gasteiger partial charge on any atom is -0.507 e. The smallest absolute Gasteiger partial charge is 0.138 e. The summed E-state index contributed by atoms with van der Waals surface area (Å²) in [6, 6.07) is 11.9. The van der Waals surface area contributed by atoms with Crippen molar-refractivity contribution in [1.29, 1.82) is 0 Å². The molecule has 0 saturated carbocycles. The van der Waals surface area contributed by atoms with Crippen LogP contribution in [-0.4, -0.2) is 12.2 Å². The van der Waals surface area contributed by atoms with Gasteiger partial charge in [-0.25, -0.2) is 0 Å². The largest absolute Gasteiger partial charge is 0.507 e. The van der Waals surface area contributed by atoms with Crippen molar-refractivity contribution in [3.63, 3.8) is 0 Å². The van der Waals surface area contributed by atoms with E-state index in [1.807, 2.05) is 31.2 Å². The Morgan fingerprint density at radius 2 is 1.88 bits per heavy atom. The predicted molar refractivity (Wildman–Crippen MR) is 96.9 cm³/mol. The molecule has 0 bridgehead atoms. The fourth-order valence-electron chi connectivity index (χ4n) is 3.02. The fourth-order valence-corrected chi connectivity index (χ4v) is 3.02. The van der Waals surface area contributed by atoms with Gasteiger partial charge in [0, 0.05) is 12.0 Å². The van der Waals surface area contributed by atoms with Gasteiger partial charge in [-0.2, -0.15) is 0 Å². The molecule has 0 aliphatic carbocycles. The van der Waals surface area contributed by atoms with Crippen LogP contribution in [0.1, 0.15) is 22.5 Å². The van der Waals surface area contributed by atoms with Crippen LogP contribution >= 0.6 is 0 Å². The van der Waals surface area contributed by atoms with E-state index in [2.05, 4.69) is 18.7 Å². The molecule has 0 unspecified atom stereocenters. The number of aromatic hydroxyl groups is 1. The summed E-state index contributed by atoms with van der Waals surface area (Å²) in [4.78, 5) is 0. The summed E-state index contributed by atoms with van der Waals surface area (Å²) in [5.41, 5.74) is 3.86. The van der Waals surface area contributed by atoms with Crippen LogP contribution in [-0.2, 0) is 19.3 Å². The van der Waals surface area contributed by atoms with Crippen LogP contribution in [0.25, 0.3) is 11.0 Å². The first-order chi connectivity index (χ1) is 11.6. The normalized spacial score (nSPS) is 10.9. The van der Waals surface area contributed by atoms with Crippen LogP contribution in [0.15, 0.2) is 53.5 Å². The monoisotopic (exact) mass is 322 g/mol. The Bertz CT molecular complexity index is 857. The van der Waals surface area contributed by atoms with E-state index < -0.39 is 0 Å². The topological polar surface area (TPSA) is 42.6 Å². The summed E-state index contributed by atoms with van der Waals surface area (Å²) in [5.74, 6) is 2.09. The first-order valence-electron chi connectivity index (χ1n) is 8.10. The molecule has 0 amide bonds. The molecule has 1 heterocycles. The number of allylic oxidation sites excluding steroid dienone is 1. The van der Waals surface area contributed by atoms with Gasteiger partial charge >= 0.3 is 0 Å². The van der Waals surface area contributed by atoms with E-state index in [-0.39, 0.29) is 0 Å². The average molecular weight is 322 g/mol. The fraction of sp³-hybridized carbons (Fsp3) is 0.238. The van der Waals surface area contributed by atoms with Crippen molar-refractivity contribution in [2.45, 2.75) is 26.2 Å². The highest BCUT2D eigenvalue weighted by Crippen LogP contribution is 2.36. The Hall–Kier alpha value is -2.68. The van der Waals surface area contributed by atoms with Crippen molar-refractivity contribution < 1.29 is 14.3 Å². The van der Waals surface area contributed by atoms with Crippen molar-refractivity contribution in [1.82, 2.24) is 0 Å². The zero-order valence-corrected chi connectivity index (χ0v) is 14.1. The third-order valence-electron chi connectivity index (χ3n) is 4.41. The van der Waals surface area contributed by atoms with Crippen molar-refractivity contribution in [3.8, 4) is 11.5 Å². The second kappa shape index (κ2) is 6.83. The minimum absolute atomic E-state index is 0.310. The van der Waals surface area contributed by atoms with Gasteiger partial charge in [-0.3, -0.25) is 0 Å². The molecule has 124 valence electrons. The molecule has 1 aromatic heterocycles. The molecule has 0 spiro atoms. The number of phenols is 1. The SMILES string of the molecule is C=CCc1ccc2oc(CCc3ccc(OC)cc3)c(C)c2c1O. The number of hydrogen-bond donors (Lipinski definition) is 1. The van der Waals surface area contributed by atoms with E-state index in [9.17, 15) is 5.11 Å². The van der Waals surface area contributed by atoms with E-state index in [4.69, 9.17) is 9.15 Å². The van der Waals surface area contributed by atoms with E-state index >= 15 is 0 Å². The molecule has 24 heavy (non-hydrogen) atoms. The molecule has 1 N–H and O–H groups in total. The maximum absolute atomic E-state index is 10.5. The van der Waals surface area contributed by atoms with Crippen molar-refractivity contribution in [2.24, 2.45) is 0 Å². The minimum atomic E-state index is 0.310. The van der Waals surface area contributed by atoms with Gasteiger partial charge in [0.2, 0.25) is 0 Å². The van der Waals surface area contributed by atoms with Gasteiger partial charge in [0.05, 0.1) is 12.5 Å². The standard InChI is InChI=1S/C21H22O3/c1-4-5-16-9-13-19-20(21(16)22)14(2)18(24-19)12-8-15-6-10-17(23-3)11-7-15/h4,6-7,9-11,13,22H,1,5,8,12H2,2-3H3. The quantitative estimate of drug-likeness (QED) is 0.652. The van der Waals surface area contributed by atoms with Crippen molar-refractivity contribution in [2.75, 3.05) is 7.11 Å². The maximum atomic E-state index is 10.5. The van der Waals surface area contributed by atoms with Gasteiger partial charge < -0.3 is 14.3 Å². The zero-order valence-electron chi connectivity index (χ0n) is 14.1. The molecule has 0 aliphatic heterocycles. The third kappa shape index (κ3) is 3.02. The van der Waals surface area contributed by atoms with Gasteiger partial charge in [0.1, 0.15) is 22.8 Å². The molecule has 2 aromatic carbocycles. The number of aryl methyl sites for hydroxylation is 3. The van der Waals surface area contributed by atoms with E-state index in [1.165, 1.54) is 5.56 Å². The highest BCUT2D eigenvalue weighted by Gasteiger charge is 2.16. The lowest BCUT2D eigenvalue weighted by molar-refractivity contribution is 0.414. The van der Waals surface area contributed by atoms with Crippen LogP contribution in [0.4, 0.5) is 0 Å². The molecule has 0 aliphatic rings. The predicted octanol–water partition coefficient (Wildman–Crippen LogP) is 4.97. The second-order valence-electron chi connectivity index (χ2n) is 5.94. The number of phenolic OH excluding ortho intramolecular Hbond substituents is 1. The molecule has 3 aromatic rings. The highest BCUT2D eigenvalue weighted by molar-refractivity contribution is 5.89. The molecule has 3 heteroatoms.